The molecule has 164 valence electrons. The number of benzene rings is 1. The molecule has 6 nitrogen and oxygen atoms in total. The largest absolute Gasteiger partial charge is 0.384 e. The van der Waals surface area contributed by atoms with E-state index in [0.717, 1.165) is 22.6 Å². The highest BCUT2D eigenvalue weighted by atomic mass is 16.5. The van der Waals surface area contributed by atoms with Gasteiger partial charge >= 0.3 is 0 Å². The second-order valence-electron chi connectivity index (χ2n) is 8.55. The van der Waals surface area contributed by atoms with Gasteiger partial charge in [0.2, 0.25) is 5.91 Å². The van der Waals surface area contributed by atoms with Crippen molar-refractivity contribution < 1.29 is 9.53 Å². The number of nitriles is 1. The molecule has 6 heteroatoms. The maximum Gasteiger partial charge on any atom is 0.225 e. The van der Waals surface area contributed by atoms with E-state index >= 15 is 0 Å². The van der Waals surface area contributed by atoms with Crippen molar-refractivity contribution >= 4 is 11.7 Å². The number of anilines is 1. The number of ether oxygens (including phenoxy) is 1. The Morgan fingerprint density at radius 3 is 2.71 bits per heavy atom. The molecule has 1 atom stereocenters. The maximum atomic E-state index is 12.5. The monoisotopic (exact) mass is 420 g/mol. The SMILES string of the molecule is COCCC(=O)N1CCN(c2nc(C(C)C)c(-c3cccc(C)c3)cc2C#N)CC1C. The topological polar surface area (TPSA) is 69.5 Å². The van der Waals surface area contributed by atoms with Gasteiger partial charge in [0.15, 0.2) is 0 Å². The first-order valence-corrected chi connectivity index (χ1v) is 10.9. The summed E-state index contributed by atoms with van der Waals surface area (Å²) in [5.74, 6) is 1.05. The van der Waals surface area contributed by atoms with Gasteiger partial charge in [0.05, 0.1) is 24.3 Å². The van der Waals surface area contributed by atoms with Crippen LogP contribution in [0.15, 0.2) is 30.3 Å². The molecule has 1 saturated heterocycles. The molecule has 31 heavy (non-hydrogen) atoms. The molecule has 1 aliphatic heterocycles. The van der Waals surface area contributed by atoms with Gasteiger partial charge < -0.3 is 14.5 Å². The third-order valence-electron chi connectivity index (χ3n) is 5.80. The highest BCUT2D eigenvalue weighted by molar-refractivity contribution is 5.77. The van der Waals surface area contributed by atoms with Crippen LogP contribution < -0.4 is 4.90 Å². The van der Waals surface area contributed by atoms with E-state index in [0.29, 0.717) is 38.2 Å². The maximum absolute atomic E-state index is 12.5. The average Bonchev–Trinajstić information content (AvgIpc) is 2.76. The van der Waals surface area contributed by atoms with E-state index < -0.39 is 0 Å². The van der Waals surface area contributed by atoms with Gasteiger partial charge in [-0.05, 0) is 31.4 Å². The molecule has 1 aromatic carbocycles. The molecule has 0 aliphatic carbocycles. The van der Waals surface area contributed by atoms with Crippen molar-refractivity contribution in [1.82, 2.24) is 9.88 Å². The summed E-state index contributed by atoms with van der Waals surface area (Å²) in [6, 6.07) is 12.7. The molecule has 1 fully saturated rings. The standard InChI is InChI=1S/C25H32N4O2/c1-17(2)24-22(20-8-6-7-18(3)13-20)14-21(15-26)25(27-24)28-10-11-29(19(4)16-28)23(30)9-12-31-5/h6-8,13-14,17,19H,9-12,16H2,1-5H3. The summed E-state index contributed by atoms with van der Waals surface area (Å²) in [5.41, 5.74) is 4.85. The number of rotatable bonds is 6. The average molecular weight is 421 g/mol. The Balaban J connectivity index is 1.93. The Labute approximate surface area is 185 Å². The third-order valence-corrected chi connectivity index (χ3v) is 5.80. The number of carbonyl (C=O) groups excluding carboxylic acids is 1. The van der Waals surface area contributed by atoms with Gasteiger partial charge in [-0.2, -0.15) is 5.26 Å². The zero-order valence-electron chi connectivity index (χ0n) is 19.2. The fourth-order valence-corrected chi connectivity index (χ4v) is 4.18. The van der Waals surface area contributed by atoms with Gasteiger partial charge in [-0.3, -0.25) is 4.79 Å². The molecule has 0 radical (unpaired) electrons. The van der Waals surface area contributed by atoms with E-state index in [-0.39, 0.29) is 17.9 Å². The Bertz CT molecular complexity index is 980. The number of carbonyl (C=O) groups is 1. The van der Waals surface area contributed by atoms with E-state index in [2.05, 4.69) is 49.9 Å². The van der Waals surface area contributed by atoms with Crippen LogP contribution in [0.3, 0.4) is 0 Å². The lowest BCUT2D eigenvalue weighted by molar-refractivity contribution is -0.134. The van der Waals surface area contributed by atoms with Crippen LogP contribution in [-0.2, 0) is 9.53 Å². The summed E-state index contributed by atoms with van der Waals surface area (Å²) in [7, 11) is 1.61. The van der Waals surface area contributed by atoms with Gasteiger partial charge in [0.25, 0.3) is 0 Å². The molecule has 2 aromatic rings. The Kier molecular flexibility index (Phi) is 7.29. The number of nitrogens with zero attached hydrogens (tertiary/aromatic N) is 4. The summed E-state index contributed by atoms with van der Waals surface area (Å²) in [5, 5.41) is 9.91. The van der Waals surface area contributed by atoms with Gasteiger partial charge in [-0.1, -0.05) is 43.7 Å². The fraction of sp³-hybridized carbons (Fsp3) is 0.480. The summed E-state index contributed by atoms with van der Waals surface area (Å²) in [4.78, 5) is 21.5. The molecule has 1 amide bonds. The fourth-order valence-electron chi connectivity index (χ4n) is 4.18. The predicted octanol–water partition coefficient (Wildman–Crippen LogP) is 4.13. The van der Waals surface area contributed by atoms with E-state index in [1.165, 1.54) is 5.56 Å². The van der Waals surface area contributed by atoms with Crippen molar-refractivity contribution in [3.63, 3.8) is 0 Å². The number of pyridine rings is 1. The number of hydrogen-bond donors (Lipinski definition) is 0. The van der Waals surface area contributed by atoms with Crippen molar-refractivity contribution in [3.8, 4) is 17.2 Å². The van der Waals surface area contributed by atoms with Crippen molar-refractivity contribution in [2.75, 3.05) is 38.3 Å². The lowest BCUT2D eigenvalue weighted by Gasteiger charge is -2.41. The zero-order valence-corrected chi connectivity index (χ0v) is 19.2. The number of aryl methyl sites for hydroxylation is 1. The molecule has 1 aromatic heterocycles. The second kappa shape index (κ2) is 9.93. The van der Waals surface area contributed by atoms with E-state index in [4.69, 9.17) is 9.72 Å². The van der Waals surface area contributed by atoms with E-state index in [1.54, 1.807) is 7.11 Å². The third kappa shape index (κ3) is 5.05. The van der Waals surface area contributed by atoms with Crippen LogP contribution in [0.1, 0.15) is 49.9 Å². The van der Waals surface area contributed by atoms with Gasteiger partial charge in [-0.15, -0.1) is 0 Å². The highest BCUT2D eigenvalue weighted by Crippen LogP contribution is 2.33. The second-order valence-corrected chi connectivity index (χ2v) is 8.55. The van der Waals surface area contributed by atoms with Crippen LogP contribution in [-0.4, -0.2) is 55.2 Å². The first-order chi connectivity index (χ1) is 14.8. The molecule has 2 heterocycles. The quantitative estimate of drug-likeness (QED) is 0.703. The molecule has 1 aliphatic rings. The number of amides is 1. The minimum absolute atomic E-state index is 0.0467. The van der Waals surface area contributed by atoms with Crippen LogP contribution in [0, 0.1) is 18.3 Å². The summed E-state index contributed by atoms with van der Waals surface area (Å²) >= 11 is 0. The summed E-state index contributed by atoms with van der Waals surface area (Å²) in [6.07, 6.45) is 0.394. The van der Waals surface area contributed by atoms with Crippen LogP contribution in [0.25, 0.3) is 11.1 Å². The summed E-state index contributed by atoms with van der Waals surface area (Å²) in [6.45, 7) is 10.7. The van der Waals surface area contributed by atoms with Crippen LogP contribution in [0.2, 0.25) is 0 Å². The van der Waals surface area contributed by atoms with E-state index in [1.807, 2.05) is 24.0 Å². The minimum Gasteiger partial charge on any atom is -0.384 e. The molecule has 0 N–H and O–H groups in total. The summed E-state index contributed by atoms with van der Waals surface area (Å²) < 4.78 is 5.05. The molecule has 0 spiro atoms. The smallest absolute Gasteiger partial charge is 0.225 e. The Morgan fingerprint density at radius 1 is 1.32 bits per heavy atom. The molecule has 1 unspecified atom stereocenters. The zero-order chi connectivity index (χ0) is 22.5. The van der Waals surface area contributed by atoms with Crippen molar-refractivity contribution in [2.45, 2.75) is 46.1 Å². The lowest BCUT2D eigenvalue weighted by Crippen LogP contribution is -2.54. The van der Waals surface area contributed by atoms with Gasteiger partial charge in [-0.25, -0.2) is 4.98 Å². The van der Waals surface area contributed by atoms with Crippen LogP contribution in [0.4, 0.5) is 5.82 Å². The van der Waals surface area contributed by atoms with Crippen molar-refractivity contribution in [2.24, 2.45) is 0 Å². The highest BCUT2D eigenvalue weighted by Gasteiger charge is 2.29. The molecule has 0 saturated carbocycles. The Morgan fingerprint density at radius 2 is 2.10 bits per heavy atom. The minimum atomic E-state index is 0.0467. The predicted molar refractivity (Wildman–Crippen MR) is 123 cm³/mol. The van der Waals surface area contributed by atoms with Crippen LogP contribution in [0.5, 0.6) is 0 Å². The van der Waals surface area contributed by atoms with E-state index in [9.17, 15) is 10.1 Å². The Hall–Kier alpha value is -2.91. The van der Waals surface area contributed by atoms with Crippen molar-refractivity contribution in [3.05, 3.63) is 47.2 Å². The molecule has 0 bridgehead atoms. The molecular weight excluding hydrogens is 388 g/mol. The van der Waals surface area contributed by atoms with Crippen LogP contribution >= 0.6 is 0 Å². The normalized spacial score (nSPS) is 16.5. The first kappa shape index (κ1) is 22.8. The lowest BCUT2D eigenvalue weighted by atomic mass is 9.95. The molecular formula is C25H32N4O2. The molecule has 3 rings (SSSR count). The number of piperazine rings is 1. The number of aromatic nitrogens is 1. The van der Waals surface area contributed by atoms with Crippen molar-refractivity contribution in [1.29, 1.82) is 5.26 Å². The number of methoxy groups -OCH3 is 1. The number of hydrogen-bond acceptors (Lipinski definition) is 5. The first-order valence-electron chi connectivity index (χ1n) is 10.9. The van der Waals surface area contributed by atoms with Gasteiger partial charge in [0.1, 0.15) is 11.9 Å². The van der Waals surface area contributed by atoms with Gasteiger partial charge in [0, 0.05) is 38.3 Å².